The molecule has 3 aliphatic rings. The van der Waals surface area contributed by atoms with Crippen LogP contribution in [0.25, 0.3) is 0 Å². The summed E-state index contributed by atoms with van der Waals surface area (Å²) in [6.07, 6.45) is -1.10. The zero-order valence-corrected chi connectivity index (χ0v) is 21.3. The van der Waals surface area contributed by atoms with E-state index in [0.717, 1.165) is 19.1 Å². The fraction of sp³-hybridized carbons (Fsp3) is 0.200. The van der Waals surface area contributed by atoms with Crippen molar-refractivity contribution in [2.75, 3.05) is 19.1 Å². The number of carbonyl (C=O) groups is 6. The molecule has 10 nitrogen and oxygen atoms in total. The van der Waals surface area contributed by atoms with Gasteiger partial charge >= 0.3 is 11.9 Å². The number of esters is 2. The van der Waals surface area contributed by atoms with Gasteiger partial charge in [-0.05, 0) is 23.8 Å². The maximum Gasteiger partial charge on any atom is 0.337 e. The average Bonchev–Trinajstić information content (AvgIpc) is 3.56. The van der Waals surface area contributed by atoms with Crippen molar-refractivity contribution < 1.29 is 43.0 Å². The number of nitrogens with zero attached hydrogens (tertiary/aromatic N) is 1. The first kappa shape index (κ1) is 25.3. The SMILES string of the molecule is COC(=O)c1cc(C(=O)OC)cc(N2C(=O)[C@@H]3[C@@H](c4ccccc4)OC4(C(=O)c5ccccc5C4=O)[C@@H]3C2=O)c1. The van der Waals surface area contributed by atoms with E-state index in [1.54, 1.807) is 42.5 Å². The number of methoxy groups -OCH3 is 2. The Hall–Kier alpha value is -4.96. The molecule has 0 bridgehead atoms. The van der Waals surface area contributed by atoms with Crippen LogP contribution in [0.1, 0.15) is 53.1 Å². The van der Waals surface area contributed by atoms with Crippen LogP contribution in [0, 0.1) is 11.8 Å². The predicted molar refractivity (Wildman–Crippen MR) is 137 cm³/mol. The van der Waals surface area contributed by atoms with Gasteiger partial charge in [-0.3, -0.25) is 19.2 Å². The van der Waals surface area contributed by atoms with Crippen molar-refractivity contribution in [1.29, 1.82) is 0 Å². The number of rotatable bonds is 4. The predicted octanol–water partition coefficient (Wildman–Crippen LogP) is 2.95. The summed E-state index contributed by atoms with van der Waals surface area (Å²) in [5, 5.41) is 0. The molecular formula is C30H21NO9. The van der Waals surface area contributed by atoms with Crippen LogP contribution in [0.15, 0.2) is 72.8 Å². The summed E-state index contributed by atoms with van der Waals surface area (Å²) in [7, 11) is 2.29. The van der Waals surface area contributed by atoms with Crippen molar-refractivity contribution in [2.24, 2.45) is 11.8 Å². The van der Waals surface area contributed by atoms with Gasteiger partial charge in [0.2, 0.25) is 29.0 Å². The minimum absolute atomic E-state index is 0.106. The lowest BCUT2D eigenvalue weighted by atomic mass is 9.77. The highest BCUT2D eigenvalue weighted by atomic mass is 16.5. The molecule has 2 amide bonds. The molecule has 2 saturated heterocycles. The van der Waals surface area contributed by atoms with Crippen molar-refractivity contribution >= 4 is 41.0 Å². The second kappa shape index (κ2) is 9.06. The van der Waals surface area contributed by atoms with Gasteiger partial charge in [0.25, 0.3) is 0 Å². The third-order valence-electron chi connectivity index (χ3n) is 7.67. The normalized spacial score (nSPS) is 22.4. The summed E-state index contributed by atoms with van der Waals surface area (Å²) in [5.74, 6) is -7.33. The van der Waals surface area contributed by atoms with E-state index in [-0.39, 0.29) is 27.9 Å². The number of hydrogen-bond acceptors (Lipinski definition) is 9. The van der Waals surface area contributed by atoms with E-state index in [1.165, 1.54) is 30.3 Å². The molecule has 0 saturated carbocycles. The first-order valence-electron chi connectivity index (χ1n) is 12.4. The number of ether oxygens (including phenoxy) is 3. The van der Waals surface area contributed by atoms with E-state index in [0.29, 0.717) is 5.56 Å². The molecule has 6 rings (SSSR count). The van der Waals surface area contributed by atoms with E-state index in [4.69, 9.17) is 14.2 Å². The van der Waals surface area contributed by atoms with Gasteiger partial charge in [0, 0.05) is 11.1 Å². The van der Waals surface area contributed by atoms with Gasteiger partial charge in [0.15, 0.2) is 0 Å². The van der Waals surface area contributed by atoms with E-state index < -0.39 is 58.9 Å². The molecule has 2 heterocycles. The van der Waals surface area contributed by atoms with Crippen molar-refractivity contribution in [3.05, 3.63) is 101 Å². The zero-order valence-electron chi connectivity index (χ0n) is 21.3. The van der Waals surface area contributed by atoms with Gasteiger partial charge in [0.05, 0.1) is 49.0 Å². The summed E-state index contributed by atoms with van der Waals surface area (Å²) in [4.78, 5) is 81.5. The Morgan fingerprint density at radius 2 is 1.27 bits per heavy atom. The summed E-state index contributed by atoms with van der Waals surface area (Å²) in [5.41, 5.74) is -1.84. The van der Waals surface area contributed by atoms with Gasteiger partial charge in [0.1, 0.15) is 0 Å². The molecule has 40 heavy (non-hydrogen) atoms. The molecule has 3 aromatic carbocycles. The molecule has 1 aliphatic carbocycles. The van der Waals surface area contributed by atoms with Gasteiger partial charge in [-0.15, -0.1) is 0 Å². The van der Waals surface area contributed by atoms with E-state index in [1.807, 2.05) is 0 Å². The van der Waals surface area contributed by atoms with Crippen LogP contribution in [0.5, 0.6) is 0 Å². The summed E-state index contributed by atoms with van der Waals surface area (Å²) in [6.45, 7) is 0. The van der Waals surface area contributed by atoms with Gasteiger partial charge in [-0.25, -0.2) is 14.5 Å². The van der Waals surface area contributed by atoms with Crippen LogP contribution in [0.3, 0.4) is 0 Å². The largest absolute Gasteiger partial charge is 0.465 e. The fourth-order valence-corrected chi connectivity index (χ4v) is 5.93. The third kappa shape index (κ3) is 3.32. The lowest BCUT2D eigenvalue weighted by Gasteiger charge is -2.27. The summed E-state index contributed by atoms with van der Waals surface area (Å²) >= 11 is 0. The van der Waals surface area contributed by atoms with Crippen LogP contribution in [0.4, 0.5) is 5.69 Å². The van der Waals surface area contributed by atoms with Crippen molar-refractivity contribution in [3.63, 3.8) is 0 Å². The van der Waals surface area contributed by atoms with E-state index in [2.05, 4.69) is 0 Å². The molecule has 200 valence electrons. The van der Waals surface area contributed by atoms with Crippen molar-refractivity contribution in [2.45, 2.75) is 11.7 Å². The first-order valence-corrected chi connectivity index (χ1v) is 12.4. The molecule has 0 N–H and O–H groups in total. The highest BCUT2D eigenvalue weighted by Crippen LogP contribution is 2.57. The monoisotopic (exact) mass is 539 g/mol. The minimum atomic E-state index is -2.25. The maximum atomic E-state index is 14.2. The smallest absolute Gasteiger partial charge is 0.337 e. The molecule has 10 heteroatoms. The number of fused-ring (bicyclic) bond motifs is 3. The van der Waals surface area contributed by atoms with Gasteiger partial charge in [-0.2, -0.15) is 0 Å². The molecule has 2 fully saturated rings. The molecular weight excluding hydrogens is 518 g/mol. The molecule has 1 spiro atoms. The quantitative estimate of drug-likeness (QED) is 0.279. The number of imide groups is 1. The average molecular weight is 539 g/mol. The highest BCUT2D eigenvalue weighted by Gasteiger charge is 2.74. The molecule has 0 radical (unpaired) electrons. The standard InChI is InChI=1S/C30H21NO9/c1-38-28(36)16-12-17(29(37)39-2)14-18(13-16)31-26(34)21-22(27(31)35)30(40-23(21)15-8-4-3-5-9-15)24(32)19-10-6-7-11-20(19)25(30)33/h3-14,21-23H,1-2H3/t21-,22-,23+/m0/s1. The molecule has 2 aliphatic heterocycles. The van der Waals surface area contributed by atoms with Crippen LogP contribution in [-0.2, 0) is 23.8 Å². The molecule has 3 atom stereocenters. The number of benzene rings is 3. The Kier molecular flexibility index (Phi) is 5.74. The van der Waals surface area contributed by atoms with Crippen molar-refractivity contribution in [3.8, 4) is 0 Å². The Morgan fingerprint density at radius 3 is 1.80 bits per heavy atom. The molecule has 0 unspecified atom stereocenters. The van der Waals surface area contributed by atoms with Crippen molar-refractivity contribution in [1.82, 2.24) is 0 Å². The number of anilines is 1. The van der Waals surface area contributed by atoms with Crippen LogP contribution in [0.2, 0.25) is 0 Å². The van der Waals surface area contributed by atoms with Gasteiger partial charge < -0.3 is 14.2 Å². The van der Waals surface area contributed by atoms with E-state index in [9.17, 15) is 28.8 Å². The Balaban J connectivity index is 1.54. The highest BCUT2D eigenvalue weighted by molar-refractivity contribution is 6.37. The molecule has 3 aromatic rings. The fourth-order valence-electron chi connectivity index (χ4n) is 5.93. The van der Waals surface area contributed by atoms with E-state index >= 15 is 0 Å². The molecule has 0 aromatic heterocycles. The van der Waals surface area contributed by atoms with Crippen LogP contribution < -0.4 is 4.90 Å². The minimum Gasteiger partial charge on any atom is -0.465 e. The lowest BCUT2D eigenvalue weighted by molar-refractivity contribution is -0.127. The zero-order chi connectivity index (χ0) is 28.3. The van der Waals surface area contributed by atoms with Gasteiger partial charge in [-0.1, -0.05) is 54.6 Å². The Labute approximate surface area is 227 Å². The Morgan fingerprint density at radius 1 is 0.750 bits per heavy atom. The number of hydrogen-bond donors (Lipinski definition) is 0. The first-order chi connectivity index (χ1) is 19.2. The maximum absolute atomic E-state index is 14.2. The summed E-state index contributed by atoms with van der Waals surface area (Å²) in [6, 6.07) is 18.4. The number of ketones is 2. The lowest BCUT2D eigenvalue weighted by Crippen LogP contribution is -2.51. The van der Waals surface area contributed by atoms with Crippen LogP contribution >= 0.6 is 0 Å². The number of Topliss-reactive ketones (excluding diaryl/α,β-unsaturated/α-hetero) is 2. The number of amides is 2. The second-order valence-electron chi connectivity index (χ2n) is 9.66. The number of carbonyl (C=O) groups excluding carboxylic acids is 6. The second-order valence-corrected chi connectivity index (χ2v) is 9.66. The summed E-state index contributed by atoms with van der Waals surface area (Å²) < 4.78 is 15.8. The topological polar surface area (TPSA) is 133 Å². The third-order valence-corrected chi connectivity index (χ3v) is 7.67. The van der Waals surface area contributed by atoms with Crippen LogP contribution in [-0.4, -0.2) is 55.1 Å². The Bertz CT molecular complexity index is 1570.